The number of hydrazone groups is 1. The van der Waals surface area contributed by atoms with Crippen LogP contribution < -0.4 is 14.9 Å². The van der Waals surface area contributed by atoms with Crippen LogP contribution in [-0.4, -0.2) is 37.0 Å². The lowest BCUT2D eigenvalue weighted by Crippen LogP contribution is -2.07. The van der Waals surface area contributed by atoms with Gasteiger partial charge in [0.25, 0.3) is 0 Å². The van der Waals surface area contributed by atoms with Gasteiger partial charge >= 0.3 is 5.97 Å². The van der Waals surface area contributed by atoms with Gasteiger partial charge in [-0.25, -0.2) is 4.98 Å². The number of hydrogen-bond donors (Lipinski definition) is 1. The number of nitrogens with zero attached hydrogens (tertiary/aromatic N) is 2. The summed E-state index contributed by atoms with van der Waals surface area (Å²) in [5.74, 6) is 1.20. The van der Waals surface area contributed by atoms with Crippen molar-refractivity contribution in [1.82, 2.24) is 4.98 Å². The van der Waals surface area contributed by atoms with Gasteiger partial charge in [0.15, 0.2) is 11.5 Å². The van der Waals surface area contributed by atoms with Crippen molar-refractivity contribution in [1.29, 1.82) is 0 Å². The molecule has 8 heteroatoms. The Morgan fingerprint density at radius 2 is 2.24 bits per heavy atom. The standard InChI is InChI=1S/C17H19N3O4S/c1-2-22-16(21)9-13-11-25-17(19-13)20-18-10-12-4-5-14-15(8-12)24-7-3-6-23-14/h4-5,8,10-11H,2-3,6-7,9H2,1H3,(H,19,20). The fourth-order valence-corrected chi connectivity index (χ4v) is 2.88. The van der Waals surface area contributed by atoms with Crippen LogP contribution in [0.2, 0.25) is 0 Å². The molecule has 132 valence electrons. The minimum atomic E-state index is -0.282. The normalized spacial score (nSPS) is 13.5. The maximum Gasteiger partial charge on any atom is 0.311 e. The summed E-state index contributed by atoms with van der Waals surface area (Å²) >= 11 is 1.38. The van der Waals surface area contributed by atoms with E-state index in [2.05, 4.69) is 15.5 Å². The van der Waals surface area contributed by atoms with Crippen molar-refractivity contribution in [2.45, 2.75) is 19.8 Å². The number of nitrogens with one attached hydrogen (secondary N) is 1. The third-order valence-electron chi connectivity index (χ3n) is 3.33. The zero-order chi connectivity index (χ0) is 17.5. The number of thiazole rings is 1. The molecular formula is C17H19N3O4S. The molecule has 1 aromatic heterocycles. The van der Waals surface area contributed by atoms with E-state index < -0.39 is 0 Å². The van der Waals surface area contributed by atoms with E-state index >= 15 is 0 Å². The second-order valence-corrected chi connectivity index (χ2v) is 6.11. The van der Waals surface area contributed by atoms with Crippen molar-refractivity contribution in [3.05, 3.63) is 34.8 Å². The van der Waals surface area contributed by atoms with Crippen LogP contribution in [0.15, 0.2) is 28.7 Å². The molecule has 2 heterocycles. The first-order valence-electron chi connectivity index (χ1n) is 8.03. The van der Waals surface area contributed by atoms with E-state index in [1.54, 1.807) is 13.1 Å². The Bertz CT molecular complexity index is 760. The Kier molecular flexibility index (Phi) is 5.84. The predicted octanol–water partition coefficient (Wildman–Crippen LogP) is 2.86. The second-order valence-electron chi connectivity index (χ2n) is 5.25. The van der Waals surface area contributed by atoms with Crippen molar-refractivity contribution >= 4 is 28.7 Å². The molecule has 0 saturated heterocycles. The molecular weight excluding hydrogens is 342 g/mol. The molecule has 2 aromatic rings. The molecule has 1 aliphatic heterocycles. The van der Waals surface area contributed by atoms with Crippen LogP contribution in [0.3, 0.4) is 0 Å². The van der Waals surface area contributed by atoms with Gasteiger partial charge in [-0.3, -0.25) is 10.2 Å². The highest BCUT2D eigenvalue weighted by molar-refractivity contribution is 7.13. The van der Waals surface area contributed by atoms with Gasteiger partial charge in [0.1, 0.15) is 0 Å². The van der Waals surface area contributed by atoms with E-state index in [9.17, 15) is 4.79 Å². The van der Waals surface area contributed by atoms with Gasteiger partial charge in [-0.15, -0.1) is 11.3 Å². The number of rotatable bonds is 6. The van der Waals surface area contributed by atoms with E-state index in [1.807, 2.05) is 23.6 Å². The van der Waals surface area contributed by atoms with Crippen LogP contribution in [0.1, 0.15) is 24.6 Å². The van der Waals surface area contributed by atoms with Gasteiger partial charge in [-0.2, -0.15) is 5.10 Å². The predicted molar refractivity (Wildman–Crippen MR) is 95.7 cm³/mol. The molecule has 1 aliphatic rings. The number of benzene rings is 1. The van der Waals surface area contributed by atoms with Crippen molar-refractivity contribution in [3.63, 3.8) is 0 Å². The van der Waals surface area contributed by atoms with Crippen LogP contribution in [0.4, 0.5) is 5.13 Å². The van der Waals surface area contributed by atoms with E-state index in [0.717, 1.165) is 23.5 Å². The quantitative estimate of drug-likeness (QED) is 0.484. The molecule has 3 rings (SSSR count). The third-order valence-corrected chi connectivity index (χ3v) is 4.12. The molecule has 1 aromatic carbocycles. The molecule has 0 saturated carbocycles. The number of fused-ring (bicyclic) bond motifs is 1. The Morgan fingerprint density at radius 3 is 3.08 bits per heavy atom. The van der Waals surface area contributed by atoms with Gasteiger partial charge in [-0.1, -0.05) is 0 Å². The lowest BCUT2D eigenvalue weighted by molar-refractivity contribution is -0.142. The zero-order valence-corrected chi connectivity index (χ0v) is 14.7. The molecule has 0 unspecified atom stereocenters. The minimum Gasteiger partial charge on any atom is -0.490 e. The first-order valence-corrected chi connectivity index (χ1v) is 8.91. The van der Waals surface area contributed by atoms with E-state index in [4.69, 9.17) is 14.2 Å². The number of hydrogen-bond acceptors (Lipinski definition) is 8. The van der Waals surface area contributed by atoms with Crippen molar-refractivity contribution in [3.8, 4) is 11.5 Å². The number of ether oxygens (including phenoxy) is 3. The fraction of sp³-hybridized carbons (Fsp3) is 0.353. The summed E-state index contributed by atoms with van der Waals surface area (Å²) in [5, 5.41) is 6.60. The first-order chi connectivity index (χ1) is 12.2. The van der Waals surface area contributed by atoms with E-state index in [0.29, 0.717) is 30.6 Å². The van der Waals surface area contributed by atoms with Crippen LogP contribution in [0.25, 0.3) is 0 Å². The number of aromatic nitrogens is 1. The number of anilines is 1. The first kappa shape index (κ1) is 17.2. The molecule has 0 amide bonds. The van der Waals surface area contributed by atoms with Crippen molar-refractivity contribution in [2.24, 2.45) is 5.10 Å². The molecule has 0 bridgehead atoms. The second kappa shape index (κ2) is 8.48. The Morgan fingerprint density at radius 1 is 1.40 bits per heavy atom. The largest absolute Gasteiger partial charge is 0.490 e. The minimum absolute atomic E-state index is 0.165. The highest BCUT2D eigenvalue weighted by Crippen LogP contribution is 2.29. The average molecular weight is 361 g/mol. The van der Waals surface area contributed by atoms with Gasteiger partial charge in [0.2, 0.25) is 5.13 Å². The van der Waals surface area contributed by atoms with Gasteiger partial charge in [-0.05, 0) is 30.7 Å². The third kappa shape index (κ3) is 4.93. The van der Waals surface area contributed by atoms with Gasteiger partial charge in [0.05, 0.1) is 38.1 Å². The molecule has 0 radical (unpaired) electrons. The highest BCUT2D eigenvalue weighted by Gasteiger charge is 2.10. The molecule has 0 aliphatic carbocycles. The summed E-state index contributed by atoms with van der Waals surface area (Å²) in [6.07, 6.45) is 2.72. The smallest absolute Gasteiger partial charge is 0.311 e. The molecule has 0 spiro atoms. The van der Waals surface area contributed by atoms with E-state index in [1.165, 1.54) is 11.3 Å². The Hall–Kier alpha value is -2.61. The average Bonchev–Trinajstić information content (AvgIpc) is 2.90. The topological polar surface area (TPSA) is 82.0 Å². The molecule has 0 fully saturated rings. The number of carbonyl (C=O) groups excluding carboxylic acids is 1. The summed E-state index contributed by atoms with van der Waals surface area (Å²) in [7, 11) is 0. The monoisotopic (exact) mass is 361 g/mol. The summed E-state index contributed by atoms with van der Waals surface area (Å²) < 4.78 is 16.2. The summed E-state index contributed by atoms with van der Waals surface area (Å²) in [6.45, 7) is 3.46. The van der Waals surface area contributed by atoms with Gasteiger partial charge < -0.3 is 14.2 Å². The Balaban J connectivity index is 1.57. The van der Waals surface area contributed by atoms with Crippen molar-refractivity contribution in [2.75, 3.05) is 25.2 Å². The van der Waals surface area contributed by atoms with Crippen LogP contribution in [0, 0.1) is 0 Å². The fourth-order valence-electron chi connectivity index (χ4n) is 2.22. The van der Waals surface area contributed by atoms with Gasteiger partial charge in [0, 0.05) is 11.8 Å². The van der Waals surface area contributed by atoms with Crippen LogP contribution in [-0.2, 0) is 16.0 Å². The summed E-state index contributed by atoms with van der Waals surface area (Å²) in [6, 6.07) is 5.68. The maximum atomic E-state index is 11.4. The lowest BCUT2D eigenvalue weighted by atomic mass is 10.2. The summed E-state index contributed by atoms with van der Waals surface area (Å²) in [5.41, 5.74) is 4.42. The van der Waals surface area contributed by atoms with Crippen LogP contribution >= 0.6 is 11.3 Å². The van der Waals surface area contributed by atoms with Crippen LogP contribution in [0.5, 0.6) is 11.5 Å². The zero-order valence-electron chi connectivity index (χ0n) is 13.9. The molecule has 0 atom stereocenters. The highest BCUT2D eigenvalue weighted by atomic mass is 32.1. The molecule has 25 heavy (non-hydrogen) atoms. The maximum absolute atomic E-state index is 11.4. The molecule has 7 nitrogen and oxygen atoms in total. The lowest BCUT2D eigenvalue weighted by Gasteiger charge is -2.07. The Labute approximate surface area is 149 Å². The van der Waals surface area contributed by atoms with E-state index in [-0.39, 0.29) is 12.4 Å². The number of carbonyl (C=O) groups is 1. The SMILES string of the molecule is CCOC(=O)Cc1csc(NN=Cc2ccc3c(c2)OCCCO3)n1. The van der Waals surface area contributed by atoms with Crippen molar-refractivity contribution < 1.29 is 19.0 Å². The summed E-state index contributed by atoms with van der Waals surface area (Å²) in [4.78, 5) is 15.7. The number of esters is 1. The molecule has 1 N–H and O–H groups in total.